The second-order valence-electron chi connectivity index (χ2n) is 7.10. The Balaban J connectivity index is 1.38. The second-order valence-corrected chi connectivity index (χ2v) is 8.08. The third-order valence-corrected chi connectivity index (χ3v) is 5.73. The van der Waals surface area contributed by atoms with Gasteiger partial charge in [-0.2, -0.15) is 0 Å². The number of hydrogen-bond donors (Lipinski definition) is 1. The fourth-order valence-corrected chi connectivity index (χ4v) is 3.81. The molecule has 2 aromatic carbocycles. The summed E-state index contributed by atoms with van der Waals surface area (Å²) in [4.78, 5) is 12.3. The van der Waals surface area contributed by atoms with Crippen LogP contribution in [0.3, 0.4) is 0 Å². The summed E-state index contributed by atoms with van der Waals surface area (Å²) in [6.07, 6.45) is 3.12. The number of carbonyl (C=O) groups is 1. The molecule has 168 valence electrons. The molecule has 9 heteroatoms. The van der Waals surface area contributed by atoms with Gasteiger partial charge in [-0.05, 0) is 37.6 Å². The van der Waals surface area contributed by atoms with Crippen molar-refractivity contribution in [2.45, 2.75) is 20.5 Å². The number of aromatic nitrogens is 3. The zero-order valence-corrected chi connectivity index (χ0v) is 19.2. The molecule has 0 aliphatic carbocycles. The number of amides is 1. The van der Waals surface area contributed by atoms with Gasteiger partial charge in [0.05, 0.1) is 18.4 Å². The van der Waals surface area contributed by atoms with Crippen molar-refractivity contribution in [3.05, 3.63) is 77.2 Å². The number of rotatable bonds is 8. The number of nitrogens with one attached hydrogen (secondary N) is 1. The number of carbonyl (C=O) groups excluding carboxylic acids is 1. The first-order chi connectivity index (χ1) is 16.0. The Morgan fingerprint density at radius 2 is 1.94 bits per heavy atom. The van der Waals surface area contributed by atoms with E-state index in [9.17, 15) is 4.79 Å². The summed E-state index contributed by atoms with van der Waals surface area (Å²) in [6, 6.07) is 15.1. The van der Waals surface area contributed by atoms with E-state index in [2.05, 4.69) is 20.7 Å². The first kappa shape index (κ1) is 22.2. The summed E-state index contributed by atoms with van der Waals surface area (Å²) < 4.78 is 16.5. The standard InChI is InChI=1S/C24H22N4O4S/c1-15-19(16(2)32-28-15)14-31-20-11-9-17(13-21(20)30-3)10-12-22(29)25-24-27-26-23(33-24)18-7-5-4-6-8-18/h4-13H,14H2,1-3H3,(H,25,27,29)/b12-10+. The summed E-state index contributed by atoms with van der Waals surface area (Å²) in [6.45, 7) is 4.04. The third-order valence-electron chi connectivity index (χ3n) is 4.84. The zero-order chi connectivity index (χ0) is 23.2. The molecule has 1 N–H and O–H groups in total. The number of methoxy groups -OCH3 is 1. The molecule has 4 aromatic rings. The highest BCUT2D eigenvalue weighted by Crippen LogP contribution is 2.30. The molecule has 0 aliphatic heterocycles. The van der Waals surface area contributed by atoms with Crippen LogP contribution in [0.2, 0.25) is 0 Å². The normalized spacial score (nSPS) is 11.0. The number of hydrogen-bond acceptors (Lipinski definition) is 8. The Bertz CT molecular complexity index is 1260. The Hall–Kier alpha value is -3.98. The quantitative estimate of drug-likeness (QED) is 0.366. The fourth-order valence-electron chi connectivity index (χ4n) is 3.06. The number of ether oxygens (including phenoxy) is 2. The van der Waals surface area contributed by atoms with Gasteiger partial charge in [0.25, 0.3) is 0 Å². The van der Waals surface area contributed by atoms with Crippen molar-refractivity contribution >= 4 is 28.5 Å². The van der Waals surface area contributed by atoms with Gasteiger partial charge in [-0.1, -0.05) is 52.9 Å². The molecule has 0 fully saturated rings. The van der Waals surface area contributed by atoms with E-state index in [4.69, 9.17) is 14.0 Å². The van der Waals surface area contributed by atoms with Crippen molar-refractivity contribution in [1.29, 1.82) is 0 Å². The lowest BCUT2D eigenvalue weighted by atomic mass is 10.2. The Labute approximate surface area is 194 Å². The molecule has 0 aliphatic rings. The first-order valence-electron chi connectivity index (χ1n) is 10.1. The lowest BCUT2D eigenvalue weighted by Crippen LogP contribution is -2.07. The van der Waals surface area contributed by atoms with Crippen molar-refractivity contribution in [3.63, 3.8) is 0 Å². The van der Waals surface area contributed by atoms with E-state index in [0.717, 1.165) is 33.2 Å². The average molecular weight is 463 g/mol. The van der Waals surface area contributed by atoms with Crippen LogP contribution in [0, 0.1) is 13.8 Å². The molecule has 0 unspecified atom stereocenters. The summed E-state index contributed by atoms with van der Waals surface area (Å²) in [5.74, 6) is 1.56. The van der Waals surface area contributed by atoms with Gasteiger partial charge in [-0.15, -0.1) is 10.2 Å². The molecule has 33 heavy (non-hydrogen) atoms. The van der Waals surface area contributed by atoms with Crippen molar-refractivity contribution in [3.8, 4) is 22.1 Å². The number of nitrogens with zero attached hydrogens (tertiary/aromatic N) is 3. The average Bonchev–Trinajstić information content (AvgIpc) is 3.43. The van der Waals surface area contributed by atoms with Gasteiger partial charge in [0.15, 0.2) is 11.5 Å². The van der Waals surface area contributed by atoms with E-state index < -0.39 is 0 Å². The minimum absolute atomic E-state index is 0.302. The molecule has 2 aromatic heterocycles. The van der Waals surface area contributed by atoms with Crippen LogP contribution in [0.15, 0.2) is 59.1 Å². The molecule has 8 nitrogen and oxygen atoms in total. The molecule has 0 atom stereocenters. The van der Waals surface area contributed by atoms with E-state index in [-0.39, 0.29) is 5.91 Å². The van der Waals surface area contributed by atoms with Gasteiger partial charge >= 0.3 is 0 Å². The van der Waals surface area contributed by atoms with Crippen molar-refractivity contribution in [2.24, 2.45) is 0 Å². The Morgan fingerprint density at radius 3 is 2.67 bits per heavy atom. The highest BCUT2D eigenvalue weighted by Gasteiger charge is 2.12. The molecule has 0 spiro atoms. The van der Waals surface area contributed by atoms with Gasteiger partial charge in [0.2, 0.25) is 11.0 Å². The van der Waals surface area contributed by atoms with Crippen LogP contribution in [0.1, 0.15) is 22.6 Å². The summed E-state index contributed by atoms with van der Waals surface area (Å²) in [5.41, 5.74) is 3.44. The first-order valence-corrected chi connectivity index (χ1v) is 11.0. The topological polar surface area (TPSA) is 99.4 Å². The predicted molar refractivity (Wildman–Crippen MR) is 126 cm³/mol. The van der Waals surface area contributed by atoms with E-state index in [0.29, 0.717) is 23.2 Å². The minimum atomic E-state index is -0.302. The zero-order valence-electron chi connectivity index (χ0n) is 18.4. The van der Waals surface area contributed by atoms with Gasteiger partial charge < -0.3 is 14.0 Å². The van der Waals surface area contributed by atoms with Crippen LogP contribution >= 0.6 is 11.3 Å². The third kappa shape index (κ3) is 5.45. The van der Waals surface area contributed by atoms with Crippen LogP contribution in [-0.2, 0) is 11.4 Å². The maximum Gasteiger partial charge on any atom is 0.250 e. The van der Waals surface area contributed by atoms with E-state index in [1.807, 2.05) is 50.2 Å². The van der Waals surface area contributed by atoms with E-state index in [1.54, 1.807) is 25.3 Å². The lowest BCUT2D eigenvalue weighted by Gasteiger charge is -2.11. The molecule has 4 rings (SSSR count). The molecule has 0 radical (unpaired) electrons. The van der Waals surface area contributed by atoms with Crippen molar-refractivity contribution < 1.29 is 18.8 Å². The summed E-state index contributed by atoms with van der Waals surface area (Å²) in [5, 5.41) is 16.0. The van der Waals surface area contributed by atoms with Crippen LogP contribution in [0.25, 0.3) is 16.6 Å². The number of benzene rings is 2. The Morgan fingerprint density at radius 1 is 1.12 bits per heavy atom. The monoisotopic (exact) mass is 462 g/mol. The van der Waals surface area contributed by atoms with Crippen molar-refractivity contribution in [1.82, 2.24) is 15.4 Å². The van der Waals surface area contributed by atoms with Crippen LogP contribution in [0.5, 0.6) is 11.5 Å². The smallest absolute Gasteiger partial charge is 0.250 e. The van der Waals surface area contributed by atoms with Crippen LogP contribution in [0.4, 0.5) is 5.13 Å². The van der Waals surface area contributed by atoms with E-state index >= 15 is 0 Å². The maximum absolute atomic E-state index is 12.3. The van der Waals surface area contributed by atoms with Gasteiger partial charge in [0, 0.05) is 11.6 Å². The molecular formula is C24H22N4O4S. The molecule has 0 bridgehead atoms. The fraction of sp³-hybridized carbons (Fsp3) is 0.167. The van der Waals surface area contributed by atoms with Gasteiger partial charge in [-0.25, -0.2) is 0 Å². The minimum Gasteiger partial charge on any atom is -0.493 e. The molecule has 1 amide bonds. The largest absolute Gasteiger partial charge is 0.493 e. The Kier molecular flexibility index (Phi) is 6.80. The van der Waals surface area contributed by atoms with Crippen molar-refractivity contribution in [2.75, 3.05) is 12.4 Å². The second kappa shape index (κ2) is 10.1. The number of anilines is 1. The molecule has 0 saturated heterocycles. The SMILES string of the molecule is COc1cc(/C=C/C(=O)Nc2nnc(-c3ccccc3)s2)ccc1OCc1c(C)noc1C. The molecular weight excluding hydrogens is 440 g/mol. The highest BCUT2D eigenvalue weighted by atomic mass is 32.1. The van der Waals surface area contributed by atoms with Crippen LogP contribution < -0.4 is 14.8 Å². The lowest BCUT2D eigenvalue weighted by molar-refractivity contribution is -0.111. The predicted octanol–water partition coefficient (Wildman–Crippen LogP) is 5.05. The highest BCUT2D eigenvalue weighted by molar-refractivity contribution is 7.18. The van der Waals surface area contributed by atoms with Crippen LogP contribution in [-0.4, -0.2) is 28.4 Å². The summed E-state index contributed by atoms with van der Waals surface area (Å²) in [7, 11) is 1.57. The van der Waals surface area contributed by atoms with E-state index in [1.165, 1.54) is 17.4 Å². The van der Waals surface area contributed by atoms with Gasteiger partial charge in [-0.3, -0.25) is 10.1 Å². The molecule has 0 saturated carbocycles. The summed E-state index contributed by atoms with van der Waals surface area (Å²) >= 11 is 1.31. The molecule has 2 heterocycles. The van der Waals surface area contributed by atoms with Gasteiger partial charge in [0.1, 0.15) is 17.4 Å². The number of aryl methyl sites for hydroxylation is 2. The maximum atomic E-state index is 12.3.